The van der Waals surface area contributed by atoms with Gasteiger partial charge >= 0.3 is 6.09 Å². The van der Waals surface area contributed by atoms with Gasteiger partial charge in [-0.2, -0.15) is 0 Å². The molecule has 0 saturated heterocycles. The largest absolute Gasteiger partial charge is 0.494 e. The molecule has 86 valence electrons. The maximum atomic E-state index is 13.7. The summed E-state index contributed by atoms with van der Waals surface area (Å²) in [5.74, 6) is -1.04. The molecule has 2 N–H and O–H groups in total. The molecule has 1 aromatic rings. The zero-order valence-corrected chi connectivity index (χ0v) is 8.66. The number of pyridine rings is 1. The number of carboxylic acid groups (broad SMARTS) is 1. The lowest BCUT2D eigenvalue weighted by Crippen LogP contribution is -2.11. The first-order valence-electron chi connectivity index (χ1n) is 4.52. The van der Waals surface area contributed by atoms with Crippen molar-refractivity contribution < 1.29 is 19.0 Å². The van der Waals surface area contributed by atoms with Crippen LogP contribution in [-0.2, 0) is 4.74 Å². The van der Waals surface area contributed by atoms with Crippen LogP contribution in [0.2, 0.25) is 0 Å². The van der Waals surface area contributed by atoms with Gasteiger partial charge in [-0.25, -0.2) is 14.2 Å². The van der Waals surface area contributed by atoms with Crippen molar-refractivity contribution in [2.45, 2.75) is 6.92 Å². The Balaban J connectivity index is 3.03. The molecule has 0 aliphatic carbocycles. The fraction of sp³-hybridized carbons (Fsp3) is 0.200. The summed E-state index contributed by atoms with van der Waals surface area (Å²) in [5, 5.41) is 10.3. The third-order valence-corrected chi connectivity index (χ3v) is 1.73. The minimum Gasteiger partial charge on any atom is -0.494 e. The number of hydrogen-bond donors (Lipinski definition) is 2. The van der Waals surface area contributed by atoms with Gasteiger partial charge in [0.15, 0.2) is 11.6 Å². The number of halogens is 1. The minimum atomic E-state index is -1.38. The average molecular weight is 226 g/mol. The van der Waals surface area contributed by atoms with E-state index in [1.165, 1.54) is 12.3 Å². The third kappa shape index (κ3) is 2.69. The fourth-order valence-corrected chi connectivity index (χ4v) is 1.10. The Morgan fingerprint density at radius 2 is 2.44 bits per heavy atom. The van der Waals surface area contributed by atoms with E-state index in [1.54, 1.807) is 6.92 Å². The van der Waals surface area contributed by atoms with Crippen molar-refractivity contribution in [1.29, 1.82) is 0 Å². The lowest BCUT2D eigenvalue weighted by Gasteiger charge is -2.09. The molecule has 1 heterocycles. The zero-order valence-electron chi connectivity index (χ0n) is 8.66. The summed E-state index contributed by atoms with van der Waals surface area (Å²) in [6.07, 6.45) is -0.112. The van der Waals surface area contributed by atoms with Gasteiger partial charge in [-0.05, 0) is 13.0 Å². The van der Waals surface area contributed by atoms with E-state index in [0.717, 1.165) is 0 Å². The Morgan fingerprint density at radius 3 is 3.00 bits per heavy atom. The van der Waals surface area contributed by atoms with Crippen molar-refractivity contribution in [2.24, 2.45) is 0 Å². The van der Waals surface area contributed by atoms with Crippen LogP contribution >= 0.6 is 0 Å². The highest BCUT2D eigenvalue weighted by molar-refractivity contribution is 5.82. The number of ether oxygens (including phenoxy) is 1. The van der Waals surface area contributed by atoms with E-state index in [2.05, 4.69) is 11.6 Å². The molecule has 0 aliphatic rings. The monoisotopic (exact) mass is 226 g/mol. The van der Waals surface area contributed by atoms with Crippen LogP contribution in [0.3, 0.4) is 0 Å². The van der Waals surface area contributed by atoms with Crippen LogP contribution in [0.1, 0.15) is 12.5 Å². The summed E-state index contributed by atoms with van der Waals surface area (Å²) in [7, 11) is 0. The number of nitrogens with one attached hydrogen (secondary N) is 1. The van der Waals surface area contributed by atoms with E-state index >= 15 is 0 Å². The van der Waals surface area contributed by atoms with Crippen LogP contribution in [0, 0.1) is 5.82 Å². The number of rotatable bonds is 4. The summed E-state index contributed by atoms with van der Waals surface area (Å²) in [6.45, 7) is 5.62. The molecular weight excluding hydrogens is 215 g/mol. The molecule has 0 fully saturated rings. The SMILES string of the molecule is C=C(OCC)c1ccnc(NC(=O)O)c1F. The molecule has 1 rings (SSSR count). The normalized spacial score (nSPS) is 9.62. The zero-order chi connectivity index (χ0) is 12.1. The Kier molecular flexibility index (Phi) is 3.82. The van der Waals surface area contributed by atoms with Gasteiger partial charge in [0.1, 0.15) is 5.76 Å². The molecule has 0 bridgehead atoms. The second kappa shape index (κ2) is 5.11. The Morgan fingerprint density at radius 1 is 1.75 bits per heavy atom. The first kappa shape index (κ1) is 12.0. The van der Waals surface area contributed by atoms with Crippen molar-refractivity contribution in [3.63, 3.8) is 0 Å². The van der Waals surface area contributed by atoms with Gasteiger partial charge in [0.05, 0.1) is 12.2 Å². The highest BCUT2D eigenvalue weighted by Gasteiger charge is 2.14. The summed E-state index contributed by atoms with van der Waals surface area (Å²) >= 11 is 0. The maximum Gasteiger partial charge on any atom is 0.410 e. The van der Waals surface area contributed by atoms with Gasteiger partial charge in [0, 0.05) is 6.20 Å². The Bertz CT molecular complexity index is 421. The first-order chi connectivity index (χ1) is 7.56. The number of carbonyl (C=O) groups is 1. The lowest BCUT2D eigenvalue weighted by molar-refractivity contribution is 0.209. The highest BCUT2D eigenvalue weighted by atomic mass is 19.1. The minimum absolute atomic E-state index is 0.0839. The summed E-state index contributed by atoms with van der Waals surface area (Å²) in [6, 6.07) is 1.36. The van der Waals surface area contributed by atoms with Gasteiger partial charge in [-0.3, -0.25) is 5.32 Å². The predicted octanol–water partition coefficient (Wildman–Crippen LogP) is 2.32. The van der Waals surface area contributed by atoms with Gasteiger partial charge in [0.25, 0.3) is 0 Å². The molecular formula is C10H11FN2O3. The molecule has 0 aliphatic heterocycles. The van der Waals surface area contributed by atoms with Crippen molar-refractivity contribution >= 4 is 17.7 Å². The van der Waals surface area contributed by atoms with Crippen LogP contribution in [-0.4, -0.2) is 22.8 Å². The second-order valence-corrected chi connectivity index (χ2v) is 2.81. The second-order valence-electron chi connectivity index (χ2n) is 2.81. The van der Waals surface area contributed by atoms with Crippen molar-refractivity contribution in [3.8, 4) is 0 Å². The van der Waals surface area contributed by atoms with E-state index in [4.69, 9.17) is 9.84 Å². The van der Waals surface area contributed by atoms with E-state index < -0.39 is 11.9 Å². The van der Waals surface area contributed by atoms with Crippen LogP contribution < -0.4 is 5.32 Å². The van der Waals surface area contributed by atoms with Crippen LogP contribution in [0.25, 0.3) is 5.76 Å². The fourth-order valence-electron chi connectivity index (χ4n) is 1.10. The molecule has 0 spiro atoms. The van der Waals surface area contributed by atoms with Crippen LogP contribution in [0.15, 0.2) is 18.8 Å². The highest BCUT2D eigenvalue weighted by Crippen LogP contribution is 2.21. The average Bonchev–Trinajstić information content (AvgIpc) is 2.21. The van der Waals surface area contributed by atoms with E-state index in [-0.39, 0.29) is 17.1 Å². The predicted molar refractivity (Wildman–Crippen MR) is 56.5 cm³/mol. The molecule has 6 heteroatoms. The van der Waals surface area contributed by atoms with Crippen LogP contribution in [0.4, 0.5) is 15.0 Å². The van der Waals surface area contributed by atoms with Gasteiger partial charge < -0.3 is 9.84 Å². The number of hydrogen-bond acceptors (Lipinski definition) is 3. The van der Waals surface area contributed by atoms with Gasteiger partial charge in [-0.15, -0.1) is 0 Å². The van der Waals surface area contributed by atoms with Crippen molar-refractivity contribution in [3.05, 3.63) is 30.2 Å². The van der Waals surface area contributed by atoms with Crippen molar-refractivity contribution in [1.82, 2.24) is 4.98 Å². The quantitative estimate of drug-likeness (QED) is 0.773. The molecule has 0 atom stereocenters. The standard InChI is InChI=1S/C10H11FN2O3/c1-3-16-6(2)7-4-5-12-9(8(7)11)13-10(14)15/h4-5H,2-3H2,1H3,(H,12,13)(H,14,15). The van der Waals surface area contributed by atoms with Crippen molar-refractivity contribution in [2.75, 3.05) is 11.9 Å². The smallest absolute Gasteiger partial charge is 0.410 e. The molecule has 0 unspecified atom stereocenters. The number of amides is 1. The number of anilines is 1. The molecule has 16 heavy (non-hydrogen) atoms. The van der Waals surface area contributed by atoms with E-state index in [1.807, 2.05) is 5.32 Å². The number of aromatic nitrogens is 1. The molecule has 0 aromatic carbocycles. The van der Waals surface area contributed by atoms with E-state index in [0.29, 0.717) is 6.61 Å². The Labute approximate surface area is 91.6 Å². The van der Waals surface area contributed by atoms with Gasteiger partial charge in [-0.1, -0.05) is 6.58 Å². The molecule has 5 nitrogen and oxygen atoms in total. The molecule has 0 radical (unpaired) electrons. The topological polar surface area (TPSA) is 71.5 Å². The maximum absolute atomic E-state index is 13.7. The summed E-state index contributed by atoms with van der Waals surface area (Å²) in [5.41, 5.74) is 0.0839. The Hall–Kier alpha value is -2.11. The van der Waals surface area contributed by atoms with Crippen LogP contribution in [0.5, 0.6) is 0 Å². The summed E-state index contributed by atoms with van der Waals surface area (Å²) in [4.78, 5) is 13.9. The lowest BCUT2D eigenvalue weighted by atomic mass is 10.2. The number of nitrogens with zero attached hydrogens (tertiary/aromatic N) is 1. The molecule has 0 saturated carbocycles. The first-order valence-corrected chi connectivity index (χ1v) is 4.52. The third-order valence-electron chi connectivity index (χ3n) is 1.73. The van der Waals surface area contributed by atoms with E-state index in [9.17, 15) is 9.18 Å². The molecule has 1 aromatic heterocycles. The summed E-state index contributed by atoms with van der Waals surface area (Å²) < 4.78 is 18.7. The molecule has 1 amide bonds. The van der Waals surface area contributed by atoms with Gasteiger partial charge in [0.2, 0.25) is 0 Å².